The molecule has 4 nitrogen and oxygen atoms in total. The van der Waals surface area contributed by atoms with Crippen LogP contribution in [0.1, 0.15) is 29.2 Å². The summed E-state index contributed by atoms with van der Waals surface area (Å²) in [5.74, 6) is 1.11. The molecule has 0 saturated carbocycles. The monoisotopic (exact) mass is 469 g/mol. The molecule has 0 N–H and O–H groups in total. The fraction of sp³-hybridized carbons (Fsp3) is 0.188. The maximum absolute atomic E-state index is 6.01. The molecule has 36 heavy (non-hydrogen) atoms. The number of hydrogen-bond donors (Lipinski definition) is 0. The fourth-order valence-corrected chi connectivity index (χ4v) is 5.51. The summed E-state index contributed by atoms with van der Waals surface area (Å²) in [5, 5.41) is 11.3. The molecular weight excluding hydrogens is 442 g/mol. The second-order valence-corrected chi connectivity index (χ2v) is 9.75. The lowest BCUT2D eigenvalue weighted by atomic mass is 9.99. The van der Waals surface area contributed by atoms with Crippen molar-refractivity contribution in [1.29, 1.82) is 0 Å². The molecule has 3 aliphatic rings. The van der Waals surface area contributed by atoms with Crippen LogP contribution in [0.15, 0.2) is 89.3 Å². The molecule has 0 amide bonds. The van der Waals surface area contributed by atoms with Gasteiger partial charge in [-0.2, -0.15) is 0 Å². The normalized spacial score (nSPS) is 13.4. The highest BCUT2D eigenvalue weighted by molar-refractivity contribution is 6.08. The summed E-state index contributed by atoms with van der Waals surface area (Å²) in [4.78, 5) is 0. The quantitative estimate of drug-likeness (QED) is 0.252. The van der Waals surface area contributed by atoms with E-state index in [1.54, 1.807) is 0 Å². The maximum atomic E-state index is 6.01. The molecule has 0 fully saturated rings. The van der Waals surface area contributed by atoms with Crippen LogP contribution in [0.2, 0.25) is 0 Å². The van der Waals surface area contributed by atoms with E-state index >= 15 is 0 Å². The van der Waals surface area contributed by atoms with Crippen molar-refractivity contribution in [3.63, 3.8) is 0 Å². The van der Waals surface area contributed by atoms with Gasteiger partial charge in [0.05, 0.1) is 0 Å². The van der Waals surface area contributed by atoms with Gasteiger partial charge in [-0.1, -0.05) is 36.4 Å². The minimum Gasteiger partial charge on any atom is -0.416 e. The van der Waals surface area contributed by atoms with E-state index in [4.69, 9.17) is 4.42 Å². The Morgan fingerprint density at radius 3 is 1.44 bits per heavy atom. The van der Waals surface area contributed by atoms with Gasteiger partial charge >= 0.3 is 0 Å². The molecule has 10 bridgehead atoms. The van der Waals surface area contributed by atoms with Gasteiger partial charge in [0.1, 0.15) is 0 Å². The molecule has 0 radical (unpaired) electrons. The van der Waals surface area contributed by atoms with E-state index in [0.717, 1.165) is 43.4 Å². The lowest BCUT2D eigenvalue weighted by Gasteiger charge is -2.06. The van der Waals surface area contributed by atoms with Gasteiger partial charge < -0.3 is 8.98 Å². The molecule has 4 aromatic carbocycles. The van der Waals surface area contributed by atoms with E-state index in [-0.39, 0.29) is 0 Å². The highest BCUT2D eigenvalue weighted by Crippen LogP contribution is 2.32. The van der Waals surface area contributed by atoms with Crippen molar-refractivity contribution >= 4 is 21.8 Å². The van der Waals surface area contributed by atoms with Crippen LogP contribution in [0.3, 0.4) is 0 Å². The van der Waals surface area contributed by atoms with E-state index in [0.29, 0.717) is 11.8 Å². The summed E-state index contributed by atoms with van der Waals surface area (Å²) in [6.45, 7) is 3.20. The van der Waals surface area contributed by atoms with Gasteiger partial charge in [0, 0.05) is 39.5 Å². The third-order valence-electron chi connectivity index (χ3n) is 7.54. The van der Waals surface area contributed by atoms with Gasteiger partial charge in [-0.3, -0.25) is 0 Å². The molecule has 6 aromatic rings. The minimum atomic E-state index is 0.556. The molecule has 2 aromatic heterocycles. The van der Waals surface area contributed by atoms with Crippen LogP contribution >= 0.6 is 0 Å². The summed E-state index contributed by atoms with van der Waals surface area (Å²) < 4.78 is 8.45. The first-order chi connectivity index (χ1) is 17.7. The van der Waals surface area contributed by atoms with E-state index in [2.05, 4.69) is 107 Å². The van der Waals surface area contributed by atoms with Crippen LogP contribution in [0.4, 0.5) is 0 Å². The second kappa shape index (κ2) is 8.49. The smallest absolute Gasteiger partial charge is 0.248 e. The molecule has 5 heterocycles. The van der Waals surface area contributed by atoms with Crippen molar-refractivity contribution < 1.29 is 4.42 Å². The Hall–Kier alpha value is -4.18. The van der Waals surface area contributed by atoms with Crippen molar-refractivity contribution in [3.8, 4) is 22.9 Å². The zero-order valence-corrected chi connectivity index (χ0v) is 20.4. The molecule has 0 spiro atoms. The molecule has 9 rings (SSSR count). The molecular formula is C32H27N3O. The van der Waals surface area contributed by atoms with Gasteiger partial charge in [-0.25, -0.2) is 0 Å². The van der Waals surface area contributed by atoms with Crippen molar-refractivity contribution in [2.45, 2.75) is 39.2 Å². The highest BCUT2D eigenvalue weighted by Gasteiger charge is 2.13. The van der Waals surface area contributed by atoms with E-state index in [9.17, 15) is 0 Å². The summed E-state index contributed by atoms with van der Waals surface area (Å²) in [6, 6.07) is 31.0. The number of nitrogens with zero attached hydrogens (tertiary/aromatic N) is 3. The molecule has 0 atom stereocenters. The molecule has 0 saturated heterocycles. The van der Waals surface area contributed by atoms with Gasteiger partial charge in [-0.05, 0) is 103 Å². The van der Waals surface area contributed by atoms with Crippen LogP contribution in [0, 0.1) is 0 Å². The maximum Gasteiger partial charge on any atom is 0.248 e. The van der Waals surface area contributed by atoms with E-state index < -0.39 is 0 Å². The second-order valence-electron chi connectivity index (χ2n) is 9.75. The first kappa shape index (κ1) is 21.1. The van der Waals surface area contributed by atoms with Crippen molar-refractivity contribution in [2.75, 3.05) is 0 Å². The van der Waals surface area contributed by atoms with Crippen molar-refractivity contribution in [1.82, 2.24) is 14.8 Å². The zero-order chi connectivity index (χ0) is 24.1. The van der Waals surface area contributed by atoms with Gasteiger partial charge in [0.25, 0.3) is 0 Å². The Balaban J connectivity index is 1.35. The Kier molecular flexibility index (Phi) is 4.98. The predicted octanol–water partition coefficient (Wildman–Crippen LogP) is 7.42. The number of benzene rings is 4. The minimum absolute atomic E-state index is 0.556. The summed E-state index contributed by atoms with van der Waals surface area (Å²) in [7, 11) is 0. The lowest BCUT2D eigenvalue weighted by Crippen LogP contribution is -1.95. The zero-order valence-electron chi connectivity index (χ0n) is 20.4. The molecule has 0 unspecified atom stereocenters. The Morgan fingerprint density at radius 1 is 0.583 bits per heavy atom. The van der Waals surface area contributed by atoms with Crippen LogP contribution < -0.4 is 0 Å². The molecule has 0 aliphatic carbocycles. The lowest BCUT2D eigenvalue weighted by molar-refractivity contribution is 0.584. The van der Waals surface area contributed by atoms with E-state index in [1.165, 1.54) is 44.1 Å². The summed E-state index contributed by atoms with van der Waals surface area (Å²) in [5.41, 5.74) is 9.90. The Morgan fingerprint density at radius 2 is 1.00 bits per heavy atom. The average molecular weight is 470 g/mol. The third-order valence-corrected chi connectivity index (χ3v) is 7.54. The largest absolute Gasteiger partial charge is 0.416 e. The van der Waals surface area contributed by atoms with Crippen LogP contribution in [0.25, 0.3) is 44.7 Å². The third kappa shape index (κ3) is 3.61. The number of aromatic nitrogens is 3. The first-order valence-corrected chi connectivity index (χ1v) is 12.8. The number of hydrogen-bond acceptors (Lipinski definition) is 3. The standard InChI is InChI=1S/C32H27N3O/c1-2-35-29-17-11-23-5-3-21-7-13-25(14-8-21)31-33-34-32(36-31)26-15-9-22(10-16-26)4-6-24-12-18-30(35)28(20-24)27(29)19-23/h7-20H,2-6H2,1H3. The molecule has 176 valence electrons. The van der Waals surface area contributed by atoms with Crippen molar-refractivity contribution in [3.05, 3.63) is 107 Å². The highest BCUT2D eigenvalue weighted by atomic mass is 16.4. The topological polar surface area (TPSA) is 43.9 Å². The van der Waals surface area contributed by atoms with Crippen LogP contribution in [-0.2, 0) is 32.2 Å². The number of fused-ring (bicyclic) bond motifs is 2. The predicted molar refractivity (Wildman–Crippen MR) is 145 cm³/mol. The molecule has 3 aliphatic heterocycles. The Bertz CT molecular complexity index is 1580. The SMILES string of the molecule is CCn1c2ccc3cc2c2cc(ccc21)CCc1ccc(cc1)-c1nnc(o1)-c1ccc(cc1)CC3. The van der Waals surface area contributed by atoms with Gasteiger partial charge in [0.2, 0.25) is 11.8 Å². The Labute approximate surface area is 210 Å². The van der Waals surface area contributed by atoms with Crippen molar-refractivity contribution in [2.24, 2.45) is 0 Å². The van der Waals surface area contributed by atoms with Crippen LogP contribution in [-0.4, -0.2) is 14.8 Å². The number of rotatable bonds is 1. The number of aryl methyl sites for hydroxylation is 5. The fourth-order valence-electron chi connectivity index (χ4n) is 5.51. The van der Waals surface area contributed by atoms with Gasteiger partial charge in [0.15, 0.2) is 0 Å². The summed E-state index contributed by atoms with van der Waals surface area (Å²) in [6.07, 6.45) is 3.99. The molecule has 4 heteroatoms. The van der Waals surface area contributed by atoms with E-state index in [1.807, 2.05) is 0 Å². The first-order valence-electron chi connectivity index (χ1n) is 12.8. The average Bonchev–Trinajstić information content (AvgIpc) is 3.54. The summed E-state index contributed by atoms with van der Waals surface area (Å²) >= 11 is 0. The van der Waals surface area contributed by atoms with Gasteiger partial charge in [-0.15, -0.1) is 10.2 Å². The van der Waals surface area contributed by atoms with Crippen LogP contribution in [0.5, 0.6) is 0 Å².